The van der Waals surface area contributed by atoms with Crippen molar-refractivity contribution in [1.82, 2.24) is 0 Å². The van der Waals surface area contributed by atoms with E-state index < -0.39 is 0 Å². The van der Waals surface area contributed by atoms with E-state index in [1.54, 1.807) is 17.3 Å². The molecule has 0 aliphatic heterocycles. The standard InChI is InChI=1S/C10H12ClNS/c1-8-7-9(12)3-4-10(8)13-6-2-5-11/h2-5,7H,6,12H2,1H3/b5-2+. The molecule has 70 valence electrons. The lowest BCUT2D eigenvalue weighted by Crippen LogP contribution is -1.87. The molecule has 0 aromatic heterocycles. The van der Waals surface area contributed by atoms with Crippen molar-refractivity contribution in [3.05, 3.63) is 35.4 Å². The number of nitrogen functional groups attached to an aromatic ring is 1. The topological polar surface area (TPSA) is 26.0 Å². The van der Waals surface area contributed by atoms with Crippen LogP contribution in [0.15, 0.2) is 34.7 Å². The minimum atomic E-state index is 0.815. The molecule has 0 fully saturated rings. The number of thioether (sulfide) groups is 1. The number of nitrogens with two attached hydrogens (primary N) is 1. The third-order valence-electron chi connectivity index (χ3n) is 1.62. The maximum absolute atomic E-state index is 5.64. The van der Waals surface area contributed by atoms with Crippen molar-refractivity contribution in [1.29, 1.82) is 0 Å². The lowest BCUT2D eigenvalue weighted by Gasteiger charge is -2.03. The summed E-state index contributed by atoms with van der Waals surface area (Å²) in [6.45, 7) is 2.06. The Kier molecular flexibility index (Phi) is 4.19. The second-order valence-electron chi connectivity index (χ2n) is 2.70. The number of benzene rings is 1. The van der Waals surface area contributed by atoms with Gasteiger partial charge < -0.3 is 5.73 Å². The van der Waals surface area contributed by atoms with Gasteiger partial charge >= 0.3 is 0 Å². The van der Waals surface area contributed by atoms with Gasteiger partial charge in [0.1, 0.15) is 0 Å². The molecule has 3 heteroatoms. The summed E-state index contributed by atoms with van der Waals surface area (Å²) >= 11 is 7.17. The summed E-state index contributed by atoms with van der Waals surface area (Å²) in [5, 5.41) is 0. The van der Waals surface area contributed by atoms with Crippen molar-refractivity contribution < 1.29 is 0 Å². The molecule has 0 amide bonds. The van der Waals surface area contributed by atoms with Gasteiger partial charge in [0.05, 0.1) is 0 Å². The summed E-state index contributed by atoms with van der Waals surface area (Å²) in [5.41, 5.74) is 9.21. The van der Waals surface area contributed by atoms with Gasteiger partial charge in [-0.15, -0.1) is 11.8 Å². The van der Waals surface area contributed by atoms with Crippen molar-refractivity contribution >= 4 is 29.1 Å². The second kappa shape index (κ2) is 5.20. The predicted molar refractivity (Wildman–Crippen MR) is 61.3 cm³/mol. The lowest BCUT2D eigenvalue weighted by molar-refractivity contribution is 1.31. The molecule has 2 N–H and O–H groups in total. The van der Waals surface area contributed by atoms with Crippen molar-refractivity contribution in [2.24, 2.45) is 0 Å². The summed E-state index contributed by atoms with van der Waals surface area (Å²) in [6.07, 6.45) is 1.92. The van der Waals surface area contributed by atoms with Gasteiger partial charge in [-0.05, 0) is 30.7 Å². The number of hydrogen-bond acceptors (Lipinski definition) is 2. The maximum atomic E-state index is 5.64. The molecule has 0 heterocycles. The number of aryl methyl sites for hydroxylation is 1. The zero-order chi connectivity index (χ0) is 9.68. The average Bonchev–Trinajstić information content (AvgIpc) is 2.09. The molecule has 0 spiro atoms. The Morgan fingerprint density at radius 1 is 1.54 bits per heavy atom. The molecule has 0 radical (unpaired) electrons. The van der Waals surface area contributed by atoms with E-state index in [4.69, 9.17) is 17.3 Å². The van der Waals surface area contributed by atoms with Crippen LogP contribution in [0.1, 0.15) is 5.56 Å². The largest absolute Gasteiger partial charge is 0.399 e. The summed E-state index contributed by atoms with van der Waals surface area (Å²) in [4.78, 5) is 1.25. The van der Waals surface area contributed by atoms with Crippen LogP contribution in [0.25, 0.3) is 0 Å². The van der Waals surface area contributed by atoms with Crippen LogP contribution in [0, 0.1) is 6.92 Å². The molecule has 0 aliphatic carbocycles. The number of halogens is 1. The predicted octanol–water partition coefficient (Wildman–Crippen LogP) is 3.42. The first-order valence-electron chi connectivity index (χ1n) is 3.98. The Balaban J connectivity index is 2.66. The van der Waals surface area contributed by atoms with Gasteiger partial charge in [0, 0.05) is 21.9 Å². The quantitative estimate of drug-likeness (QED) is 0.615. The first kappa shape index (κ1) is 10.5. The summed E-state index contributed by atoms with van der Waals surface area (Å²) in [7, 11) is 0. The highest BCUT2D eigenvalue weighted by atomic mass is 35.5. The van der Waals surface area contributed by atoms with Crippen LogP contribution in [0.3, 0.4) is 0 Å². The van der Waals surface area contributed by atoms with Crippen LogP contribution < -0.4 is 5.73 Å². The van der Waals surface area contributed by atoms with Gasteiger partial charge in [-0.2, -0.15) is 0 Å². The van der Waals surface area contributed by atoms with Gasteiger partial charge in [-0.3, -0.25) is 0 Å². The van der Waals surface area contributed by atoms with E-state index in [-0.39, 0.29) is 0 Å². The Bertz CT molecular complexity index is 310. The minimum Gasteiger partial charge on any atom is -0.399 e. The Hall–Kier alpha value is -0.600. The fourth-order valence-corrected chi connectivity index (χ4v) is 2.03. The van der Waals surface area contributed by atoms with E-state index in [1.165, 1.54) is 10.5 Å². The Morgan fingerprint density at radius 3 is 2.92 bits per heavy atom. The van der Waals surface area contributed by atoms with Crippen molar-refractivity contribution in [2.45, 2.75) is 11.8 Å². The molecule has 0 aliphatic rings. The smallest absolute Gasteiger partial charge is 0.0317 e. The molecule has 0 unspecified atom stereocenters. The van der Waals surface area contributed by atoms with Crippen LogP contribution in [0.4, 0.5) is 5.69 Å². The summed E-state index contributed by atoms with van der Waals surface area (Å²) in [5.74, 6) is 0.897. The fraction of sp³-hybridized carbons (Fsp3) is 0.200. The molecule has 0 saturated carbocycles. The number of anilines is 1. The highest BCUT2D eigenvalue weighted by molar-refractivity contribution is 7.99. The van der Waals surface area contributed by atoms with Crippen LogP contribution in [-0.4, -0.2) is 5.75 Å². The minimum absolute atomic E-state index is 0.815. The van der Waals surface area contributed by atoms with Gasteiger partial charge in [0.2, 0.25) is 0 Å². The first-order chi connectivity index (χ1) is 6.24. The van der Waals surface area contributed by atoms with E-state index >= 15 is 0 Å². The molecule has 0 bridgehead atoms. The molecule has 13 heavy (non-hydrogen) atoms. The molecular weight excluding hydrogens is 202 g/mol. The van der Waals surface area contributed by atoms with E-state index in [9.17, 15) is 0 Å². The van der Waals surface area contributed by atoms with Gasteiger partial charge in [0.15, 0.2) is 0 Å². The van der Waals surface area contributed by atoms with Crippen molar-refractivity contribution in [2.75, 3.05) is 11.5 Å². The van der Waals surface area contributed by atoms with Crippen LogP contribution >= 0.6 is 23.4 Å². The van der Waals surface area contributed by atoms with Crippen LogP contribution in [0.2, 0.25) is 0 Å². The van der Waals surface area contributed by atoms with E-state index in [1.807, 2.05) is 24.3 Å². The Labute approximate surface area is 88.0 Å². The highest BCUT2D eigenvalue weighted by Gasteiger charge is 1.97. The lowest BCUT2D eigenvalue weighted by atomic mass is 10.2. The van der Waals surface area contributed by atoms with E-state index in [0.29, 0.717) is 0 Å². The second-order valence-corrected chi connectivity index (χ2v) is 4.01. The van der Waals surface area contributed by atoms with Gasteiger partial charge in [-0.1, -0.05) is 17.7 Å². The van der Waals surface area contributed by atoms with Crippen LogP contribution in [-0.2, 0) is 0 Å². The Morgan fingerprint density at radius 2 is 2.31 bits per heavy atom. The third kappa shape index (κ3) is 3.33. The average molecular weight is 214 g/mol. The van der Waals surface area contributed by atoms with Crippen LogP contribution in [0.5, 0.6) is 0 Å². The maximum Gasteiger partial charge on any atom is 0.0317 e. The number of hydrogen-bond donors (Lipinski definition) is 1. The zero-order valence-corrected chi connectivity index (χ0v) is 9.03. The third-order valence-corrected chi connectivity index (χ3v) is 2.93. The molecule has 1 aromatic carbocycles. The molecule has 0 atom stereocenters. The molecule has 1 nitrogen and oxygen atoms in total. The van der Waals surface area contributed by atoms with Gasteiger partial charge in [-0.25, -0.2) is 0 Å². The monoisotopic (exact) mass is 213 g/mol. The highest BCUT2D eigenvalue weighted by Crippen LogP contribution is 2.23. The molecule has 0 saturated heterocycles. The van der Waals surface area contributed by atoms with E-state index in [2.05, 4.69) is 6.92 Å². The zero-order valence-electron chi connectivity index (χ0n) is 7.46. The van der Waals surface area contributed by atoms with Gasteiger partial charge in [0.25, 0.3) is 0 Å². The fourth-order valence-electron chi connectivity index (χ4n) is 1.01. The van der Waals surface area contributed by atoms with Crippen molar-refractivity contribution in [3.8, 4) is 0 Å². The number of rotatable bonds is 3. The molecule has 1 aromatic rings. The summed E-state index contributed by atoms with van der Waals surface area (Å²) in [6, 6.07) is 5.93. The molecular formula is C10H12ClNS. The molecule has 1 rings (SSSR count). The van der Waals surface area contributed by atoms with Crippen molar-refractivity contribution in [3.63, 3.8) is 0 Å². The first-order valence-corrected chi connectivity index (χ1v) is 5.40. The summed E-state index contributed by atoms with van der Waals surface area (Å²) < 4.78 is 0. The SMILES string of the molecule is Cc1cc(N)ccc1SC/C=C/Cl. The van der Waals surface area contributed by atoms with E-state index in [0.717, 1.165) is 11.4 Å². The normalized spacial score (nSPS) is 10.9.